The highest BCUT2D eigenvalue weighted by Crippen LogP contribution is 2.32. The molecule has 0 radical (unpaired) electrons. The normalized spacial score (nSPS) is 21.2. The topological polar surface area (TPSA) is 57.6 Å². The first-order valence-electron chi connectivity index (χ1n) is 7.12. The molecule has 2 atom stereocenters. The van der Waals surface area contributed by atoms with Crippen LogP contribution in [0.25, 0.3) is 0 Å². The molecule has 2 unspecified atom stereocenters. The van der Waals surface area contributed by atoms with Gasteiger partial charge in [0.2, 0.25) is 5.91 Å². The third-order valence-electron chi connectivity index (χ3n) is 4.09. The lowest BCUT2D eigenvalue weighted by molar-refractivity contribution is -0.141. The fourth-order valence-electron chi connectivity index (χ4n) is 2.82. The van der Waals surface area contributed by atoms with Crippen LogP contribution >= 0.6 is 11.8 Å². The maximum absolute atomic E-state index is 12.4. The number of carboxylic acid groups (broad SMARTS) is 1. The van der Waals surface area contributed by atoms with E-state index in [2.05, 4.69) is 0 Å². The van der Waals surface area contributed by atoms with Gasteiger partial charge in [0.05, 0.1) is 5.92 Å². The molecular formula is C16H21NO3S. The molecule has 1 aliphatic rings. The number of amides is 1. The molecule has 1 saturated carbocycles. The van der Waals surface area contributed by atoms with Crippen LogP contribution in [0.2, 0.25) is 0 Å². The molecule has 1 aromatic carbocycles. The third-order valence-corrected chi connectivity index (χ3v) is 4.83. The van der Waals surface area contributed by atoms with Crippen molar-refractivity contribution in [1.29, 1.82) is 0 Å². The summed E-state index contributed by atoms with van der Waals surface area (Å²) in [5.41, 5.74) is 1.09. The number of rotatable bonds is 5. The van der Waals surface area contributed by atoms with Crippen LogP contribution in [-0.2, 0) is 16.1 Å². The number of thioether (sulfide) groups is 1. The second-order valence-electron chi connectivity index (χ2n) is 5.59. The van der Waals surface area contributed by atoms with Crippen molar-refractivity contribution in [2.75, 3.05) is 13.3 Å². The van der Waals surface area contributed by atoms with Crippen LogP contribution in [0.1, 0.15) is 24.8 Å². The van der Waals surface area contributed by atoms with E-state index in [9.17, 15) is 9.59 Å². The molecule has 0 heterocycles. The van der Waals surface area contributed by atoms with Gasteiger partial charge in [-0.25, -0.2) is 0 Å². The number of carboxylic acids is 1. The molecule has 0 spiro atoms. The highest BCUT2D eigenvalue weighted by molar-refractivity contribution is 7.98. The van der Waals surface area contributed by atoms with Gasteiger partial charge in [-0.05, 0) is 43.2 Å². The van der Waals surface area contributed by atoms with Gasteiger partial charge in [-0.2, -0.15) is 0 Å². The lowest BCUT2D eigenvalue weighted by atomic mass is 10.0. The molecule has 2 rings (SSSR count). The van der Waals surface area contributed by atoms with Gasteiger partial charge in [0.1, 0.15) is 0 Å². The molecule has 1 aromatic rings. The summed E-state index contributed by atoms with van der Waals surface area (Å²) in [5, 5.41) is 9.01. The average Bonchev–Trinajstić information content (AvgIpc) is 2.97. The molecule has 0 saturated heterocycles. The molecule has 0 aliphatic heterocycles. The minimum atomic E-state index is -0.777. The van der Waals surface area contributed by atoms with Crippen LogP contribution in [-0.4, -0.2) is 35.2 Å². The minimum absolute atomic E-state index is 0.0627. The van der Waals surface area contributed by atoms with Crippen LogP contribution in [0.3, 0.4) is 0 Å². The maximum Gasteiger partial charge on any atom is 0.306 e. The summed E-state index contributed by atoms with van der Waals surface area (Å²) < 4.78 is 0. The van der Waals surface area contributed by atoms with Crippen LogP contribution in [0.5, 0.6) is 0 Å². The second-order valence-corrected chi connectivity index (χ2v) is 6.47. The van der Waals surface area contributed by atoms with E-state index in [4.69, 9.17) is 5.11 Å². The number of carbonyl (C=O) groups is 2. The van der Waals surface area contributed by atoms with Crippen LogP contribution < -0.4 is 0 Å². The lowest BCUT2D eigenvalue weighted by Crippen LogP contribution is -2.31. The Morgan fingerprint density at radius 2 is 1.86 bits per heavy atom. The fraction of sp³-hybridized carbons (Fsp3) is 0.500. The Morgan fingerprint density at radius 1 is 1.24 bits per heavy atom. The number of benzene rings is 1. The third kappa shape index (κ3) is 4.00. The summed E-state index contributed by atoms with van der Waals surface area (Å²) in [6.45, 7) is 0.571. The largest absolute Gasteiger partial charge is 0.481 e. The van der Waals surface area contributed by atoms with Gasteiger partial charge in [0, 0.05) is 24.4 Å². The number of aliphatic carboxylic acids is 1. The van der Waals surface area contributed by atoms with Crippen molar-refractivity contribution in [3.63, 3.8) is 0 Å². The van der Waals surface area contributed by atoms with Crippen LogP contribution in [0, 0.1) is 11.8 Å². The van der Waals surface area contributed by atoms with Gasteiger partial charge in [-0.1, -0.05) is 12.1 Å². The Kier molecular flexibility index (Phi) is 5.28. The van der Waals surface area contributed by atoms with E-state index < -0.39 is 5.97 Å². The predicted molar refractivity (Wildman–Crippen MR) is 83.2 cm³/mol. The van der Waals surface area contributed by atoms with Crippen molar-refractivity contribution in [3.8, 4) is 0 Å². The van der Waals surface area contributed by atoms with Crippen LogP contribution in [0.4, 0.5) is 0 Å². The summed E-state index contributed by atoms with van der Waals surface area (Å²) in [4.78, 5) is 26.2. The first-order chi connectivity index (χ1) is 10.0. The zero-order chi connectivity index (χ0) is 15.4. The van der Waals surface area contributed by atoms with E-state index in [1.54, 1.807) is 23.7 Å². The monoisotopic (exact) mass is 307 g/mol. The molecule has 1 fully saturated rings. The average molecular weight is 307 g/mol. The Bertz CT molecular complexity index is 515. The quantitative estimate of drug-likeness (QED) is 0.850. The summed E-state index contributed by atoms with van der Waals surface area (Å²) >= 11 is 1.69. The number of nitrogens with zero attached hydrogens (tertiary/aromatic N) is 1. The van der Waals surface area contributed by atoms with Crippen molar-refractivity contribution in [3.05, 3.63) is 29.8 Å². The summed E-state index contributed by atoms with van der Waals surface area (Å²) in [6.07, 6.45) is 3.81. The molecule has 0 aromatic heterocycles. The second kappa shape index (κ2) is 6.98. The fourth-order valence-corrected chi connectivity index (χ4v) is 3.23. The van der Waals surface area contributed by atoms with E-state index in [-0.39, 0.29) is 17.7 Å². The van der Waals surface area contributed by atoms with Gasteiger partial charge >= 0.3 is 5.97 Å². The summed E-state index contributed by atoms with van der Waals surface area (Å²) in [6, 6.07) is 8.16. The standard InChI is InChI=1S/C16H21NO3S/c1-17(10-11-3-7-14(21-2)8-4-11)15(18)12-5-6-13(9-12)16(19)20/h3-4,7-8,12-13H,5-6,9-10H2,1-2H3,(H,19,20). The Balaban J connectivity index is 1.92. The maximum atomic E-state index is 12.4. The molecular weight excluding hydrogens is 286 g/mol. The van der Waals surface area contributed by atoms with Gasteiger partial charge in [0.25, 0.3) is 0 Å². The molecule has 114 valence electrons. The number of carbonyl (C=O) groups excluding carboxylic acids is 1. The van der Waals surface area contributed by atoms with Gasteiger partial charge in [-0.3, -0.25) is 9.59 Å². The van der Waals surface area contributed by atoms with E-state index in [0.717, 1.165) is 5.56 Å². The number of hydrogen-bond donors (Lipinski definition) is 1. The first kappa shape index (κ1) is 15.9. The van der Waals surface area contributed by atoms with Gasteiger partial charge in [0.15, 0.2) is 0 Å². The van der Waals surface area contributed by atoms with Gasteiger partial charge in [-0.15, -0.1) is 11.8 Å². The summed E-state index contributed by atoms with van der Waals surface area (Å²) in [7, 11) is 1.79. The van der Waals surface area contributed by atoms with Crippen molar-refractivity contribution >= 4 is 23.6 Å². The van der Waals surface area contributed by atoms with E-state index in [0.29, 0.717) is 25.8 Å². The molecule has 4 nitrogen and oxygen atoms in total. The number of hydrogen-bond acceptors (Lipinski definition) is 3. The zero-order valence-corrected chi connectivity index (χ0v) is 13.2. The molecule has 0 bridgehead atoms. The highest BCUT2D eigenvalue weighted by Gasteiger charge is 2.35. The molecule has 1 N–H and O–H groups in total. The Morgan fingerprint density at radius 3 is 2.38 bits per heavy atom. The summed E-state index contributed by atoms with van der Waals surface area (Å²) in [5.74, 6) is -1.21. The molecule has 1 amide bonds. The Labute approximate surface area is 129 Å². The van der Waals surface area contributed by atoms with E-state index in [1.807, 2.05) is 30.5 Å². The highest BCUT2D eigenvalue weighted by atomic mass is 32.2. The predicted octanol–water partition coefficient (Wildman–Crippen LogP) is 2.87. The van der Waals surface area contributed by atoms with Crippen molar-refractivity contribution in [2.24, 2.45) is 11.8 Å². The first-order valence-corrected chi connectivity index (χ1v) is 8.34. The van der Waals surface area contributed by atoms with Crippen molar-refractivity contribution in [1.82, 2.24) is 4.90 Å². The van der Waals surface area contributed by atoms with E-state index >= 15 is 0 Å². The van der Waals surface area contributed by atoms with Crippen molar-refractivity contribution < 1.29 is 14.7 Å². The molecule has 1 aliphatic carbocycles. The zero-order valence-electron chi connectivity index (χ0n) is 12.4. The lowest BCUT2D eigenvalue weighted by Gasteiger charge is -2.21. The Hall–Kier alpha value is -1.49. The molecule has 5 heteroatoms. The minimum Gasteiger partial charge on any atom is -0.481 e. The van der Waals surface area contributed by atoms with Gasteiger partial charge < -0.3 is 10.0 Å². The van der Waals surface area contributed by atoms with Crippen LogP contribution in [0.15, 0.2) is 29.2 Å². The smallest absolute Gasteiger partial charge is 0.306 e. The van der Waals surface area contributed by atoms with Crippen molar-refractivity contribution in [2.45, 2.75) is 30.7 Å². The van der Waals surface area contributed by atoms with E-state index in [1.165, 1.54) is 4.90 Å². The SMILES string of the molecule is CSc1ccc(CN(C)C(=O)C2CCC(C(=O)O)C2)cc1. The molecule has 21 heavy (non-hydrogen) atoms.